The summed E-state index contributed by atoms with van der Waals surface area (Å²) in [4.78, 5) is 0. The van der Waals surface area contributed by atoms with Gasteiger partial charge in [0.05, 0.1) is 13.2 Å². The summed E-state index contributed by atoms with van der Waals surface area (Å²) in [6.07, 6.45) is 14.6. The molecule has 2 saturated carbocycles. The third-order valence-corrected chi connectivity index (χ3v) is 8.67. The van der Waals surface area contributed by atoms with E-state index in [4.69, 9.17) is 9.47 Å². The zero-order valence-electron chi connectivity index (χ0n) is 22.5. The number of hydrogen-bond donors (Lipinski definition) is 0. The Hall–Kier alpha value is -2.17. The Morgan fingerprint density at radius 1 is 0.703 bits per heavy atom. The van der Waals surface area contributed by atoms with Gasteiger partial charge in [-0.05, 0) is 98.4 Å². The van der Waals surface area contributed by atoms with Crippen molar-refractivity contribution in [2.24, 2.45) is 23.7 Å². The lowest BCUT2D eigenvalue weighted by molar-refractivity contribution is 0.120. The number of rotatable bonds is 11. The Morgan fingerprint density at radius 3 is 1.97 bits per heavy atom. The highest BCUT2D eigenvalue weighted by atomic mass is 19.2. The van der Waals surface area contributed by atoms with E-state index < -0.39 is 17.5 Å². The predicted octanol–water partition coefficient (Wildman–Crippen LogP) is 9.74. The predicted molar refractivity (Wildman–Crippen MR) is 143 cm³/mol. The van der Waals surface area contributed by atoms with Crippen molar-refractivity contribution >= 4 is 0 Å². The molecule has 0 N–H and O–H groups in total. The Bertz CT molecular complexity index is 992. The van der Waals surface area contributed by atoms with Crippen molar-refractivity contribution in [1.29, 1.82) is 0 Å². The van der Waals surface area contributed by atoms with Crippen LogP contribution >= 0.6 is 0 Å². The van der Waals surface area contributed by atoms with Crippen molar-refractivity contribution in [2.75, 3.05) is 13.2 Å². The summed E-state index contributed by atoms with van der Waals surface area (Å²) in [5.74, 6) is 0.442. The molecular formula is C32H43F3O2. The summed E-state index contributed by atoms with van der Waals surface area (Å²) < 4.78 is 55.4. The van der Waals surface area contributed by atoms with Gasteiger partial charge in [-0.15, -0.1) is 0 Å². The lowest BCUT2D eigenvalue weighted by Gasteiger charge is -2.37. The third-order valence-electron chi connectivity index (χ3n) is 8.67. The minimum Gasteiger partial charge on any atom is -0.491 e. The Morgan fingerprint density at radius 2 is 1.35 bits per heavy atom. The Kier molecular flexibility index (Phi) is 10.2. The summed E-state index contributed by atoms with van der Waals surface area (Å²) in [7, 11) is 0. The van der Waals surface area contributed by atoms with Gasteiger partial charge in [-0.3, -0.25) is 0 Å². The standard InChI is InChI=1S/C32H43F3O2/c1-3-5-19-36-29-17-15-26(20-28(29)33)27-16-18-30(32(35)31(27)34)37-21-23-9-13-25(14-10-23)24-11-7-22(6-4-2)8-12-24/h15-18,20,22-25H,3-14,19,21H2,1-2H3. The fraction of sp³-hybridized carbons (Fsp3) is 0.625. The molecule has 204 valence electrons. The first-order chi connectivity index (χ1) is 18.0. The van der Waals surface area contributed by atoms with Gasteiger partial charge in [0.25, 0.3) is 0 Å². The molecule has 2 nitrogen and oxygen atoms in total. The van der Waals surface area contributed by atoms with Crippen LogP contribution in [0, 0.1) is 41.1 Å². The first kappa shape index (κ1) is 27.9. The molecule has 0 bridgehead atoms. The Labute approximate surface area is 220 Å². The summed E-state index contributed by atoms with van der Waals surface area (Å²) in [6, 6.07) is 7.13. The summed E-state index contributed by atoms with van der Waals surface area (Å²) >= 11 is 0. The molecule has 0 saturated heterocycles. The molecule has 4 rings (SSSR count). The van der Waals surface area contributed by atoms with Gasteiger partial charge in [0.1, 0.15) is 0 Å². The maximum Gasteiger partial charge on any atom is 0.201 e. The molecule has 0 heterocycles. The van der Waals surface area contributed by atoms with Crippen LogP contribution in [-0.4, -0.2) is 13.2 Å². The average molecular weight is 517 g/mol. The van der Waals surface area contributed by atoms with Crippen LogP contribution in [0.2, 0.25) is 0 Å². The van der Waals surface area contributed by atoms with E-state index in [1.807, 2.05) is 6.92 Å². The van der Waals surface area contributed by atoms with Crippen LogP contribution in [-0.2, 0) is 0 Å². The van der Waals surface area contributed by atoms with Crippen molar-refractivity contribution < 1.29 is 22.6 Å². The largest absolute Gasteiger partial charge is 0.491 e. The minimum absolute atomic E-state index is 0.0121. The smallest absolute Gasteiger partial charge is 0.201 e. The second-order valence-corrected chi connectivity index (χ2v) is 11.2. The fourth-order valence-electron chi connectivity index (χ4n) is 6.37. The number of ether oxygens (including phenoxy) is 2. The summed E-state index contributed by atoms with van der Waals surface area (Å²) in [6.45, 7) is 5.14. The average Bonchev–Trinajstić information content (AvgIpc) is 2.91. The van der Waals surface area contributed by atoms with Gasteiger partial charge >= 0.3 is 0 Å². The summed E-state index contributed by atoms with van der Waals surface area (Å²) in [5.41, 5.74) is 0.281. The van der Waals surface area contributed by atoms with Crippen molar-refractivity contribution in [1.82, 2.24) is 0 Å². The van der Waals surface area contributed by atoms with Crippen molar-refractivity contribution in [3.05, 3.63) is 47.8 Å². The number of hydrogen-bond acceptors (Lipinski definition) is 2. The van der Waals surface area contributed by atoms with E-state index >= 15 is 0 Å². The van der Waals surface area contributed by atoms with Gasteiger partial charge in [0, 0.05) is 5.56 Å². The molecule has 0 aromatic heterocycles. The van der Waals surface area contributed by atoms with E-state index in [9.17, 15) is 13.2 Å². The van der Waals surface area contributed by atoms with Gasteiger partial charge in [0.15, 0.2) is 23.1 Å². The van der Waals surface area contributed by atoms with Crippen molar-refractivity contribution in [3.8, 4) is 22.6 Å². The highest BCUT2D eigenvalue weighted by Crippen LogP contribution is 2.42. The van der Waals surface area contributed by atoms with E-state index in [1.54, 1.807) is 6.07 Å². The Balaban J connectivity index is 1.28. The molecule has 2 aromatic rings. The lowest BCUT2D eigenvalue weighted by atomic mass is 9.69. The van der Waals surface area contributed by atoms with E-state index in [0.717, 1.165) is 43.4 Å². The van der Waals surface area contributed by atoms with Crippen LogP contribution in [0.5, 0.6) is 11.5 Å². The highest BCUT2D eigenvalue weighted by molar-refractivity contribution is 5.66. The van der Waals surface area contributed by atoms with Gasteiger partial charge in [-0.1, -0.05) is 52.0 Å². The van der Waals surface area contributed by atoms with Gasteiger partial charge < -0.3 is 9.47 Å². The van der Waals surface area contributed by atoms with E-state index in [-0.39, 0.29) is 22.6 Å². The topological polar surface area (TPSA) is 18.5 Å². The van der Waals surface area contributed by atoms with Crippen LogP contribution in [0.15, 0.2) is 30.3 Å². The van der Waals surface area contributed by atoms with Gasteiger partial charge in [0.2, 0.25) is 5.82 Å². The van der Waals surface area contributed by atoms with Gasteiger partial charge in [-0.2, -0.15) is 4.39 Å². The first-order valence-corrected chi connectivity index (χ1v) is 14.5. The minimum atomic E-state index is -1.02. The molecule has 37 heavy (non-hydrogen) atoms. The number of unbranched alkanes of at least 4 members (excludes halogenated alkanes) is 1. The quantitative estimate of drug-likeness (QED) is 0.277. The lowest BCUT2D eigenvalue weighted by Crippen LogP contribution is -2.27. The zero-order valence-corrected chi connectivity index (χ0v) is 22.5. The van der Waals surface area contributed by atoms with Crippen LogP contribution in [0.4, 0.5) is 13.2 Å². The molecule has 0 atom stereocenters. The molecule has 0 unspecified atom stereocenters. The van der Waals surface area contributed by atoms with Crippen LogP contribution in [0.1, 0.15) is 90.9 Å². The van der Waals surface area contributed by atoms with E-state index in [0.29, 0.717) is 19.1 Å². The second-order valence-electron chi connectivity index (χ2n) is 11.2. The molecule has 2 fully saturated rings. The normalized spacial score (nSPS) is 24.1. The molecule has 2 aliphatic rings. The third kappa shape index (κ3) is 7.23. The fourth-order valence-corrected chi connectivity index (χ4v) is 6.37. The number of benzene rings is 2. The molecule has 0 aliphatic heterocycles. The molecule has 5 heteroatoms. The van der Waals surface area contributed by atoms with Crippen LogP contribution < -0.4 is 9.47 Å². The molecular weight excluding hydrogens is 473 g/mol. The van der Waals surface area contributed by atoms with Crippen molar-refractivity contribution in [2.45, 2.75) is 90.9 Å². The first-order valence-electron chi connectivity index (χ1n) is 14.5. The molecule has 2 aromatic carbocycles. The van der Waals surface area contributed by atoms with Crippen molar-refractivity contribution in [3.63, 3.8) is 0 Å². The summed E-state index contributed by atoms with van der Waals surface area (Å²) in [5, 5.41) is 0. The number of halogens is 3. The zero-order chi connectivity index (χ0) is 26.2. The monoisotopic (exact) mass is 516 g/mol. The van der Waals surface area contributed by atoms with E-state index in [1.165, 1.54) is 75.6 Å². The second kappa shape index (κ2) is 13.6. The molecule has 0 radical (unpaired) electrons. The highest BCUT2D eigenvalue weighted by Gasteiger charge is 2.31. The maximum atomic E-state index is 14.9. The van der Waals surface area contributed by atoms with Crippen LogP contribution in [0.3, 0.4) is 0 Å². The van der Waals surface area contributed by atoms with E-state index in [2.05, 4.69) is 6.92 Å². The van der Waals surface area contributed by atoms with Gasteiger partial charge in [-0.25, -0.2) is 8.78 Å². The van der Waals surface area contributed by atoms with Crippen LogP contribution in [0.25, 0.3) is 11.1 Å². The SMILES string of the molecule is CCCCOc1ccc(-c2ccc(OCC3CCC(C4CCC(CCC)CC4)CC3)c(F)c2F)cc1F. The molecule has 2 aliphatic carbocycles. The maximum absolute atomic E-state index is 14.9. The molecule has 0 spiro atoms. The molecule has 0 amide bonds.